The molecule has 0 aliphatic heterocycles. The summed E-state index contributed by atoms with van der Waals surface area (Å²) in [6, 6.07) is 41.5. The molecule has 22 heteroatoms. The van der Waals surface area contributed by atoms with Gasteiger partial charge in [0, 0.05) is 36.8 Å². The molecule has 2 saturated carbocycles. The highest BCUT2D eigenvalue weighted by atomic mass is 32.2. The largest absolute Gasteiger partial charge is 0.463 e. The van der Waals surface area contributed by atoms with Gasteiger partial charge in [-0.2, -0.15) is 26.3 Å². The number of halogens is 6. The molecule has 0 radical (unpaired) electrons. The topological polar surface area (TPSA) is 203 Å². The number of sulfonamides is 2. The Hall–Kier alpha value is -7.40. The van der Waals surface area contributed by atoms with E-state index in [4.69, 9.17) is 9.47 Å². The van der Waals surface area contributed by atoms with Gasteiger partial charge in [-0.05, 0) is 122 Å². The van der Waals surface area contributed by atoms with Gasteiger partial charge < -0.3 is 20.1 Å². The fourth-order valence-corrected chi connectivity index (χ4v) is 13.4. The lowest BCUT2D eigenvalue weighted by Gasteiger charge is -2.38. The summed E-state index contributed by atoms with van der Waals surface area (Å²) in [6.45, 7) is -0.720. The normalized spacial score (nSPS) is 19.2. The van der Waals surface area contributed by atoms with Gasteiger partial charge in [-0.25, -0.2) is 26.3 Å². The molecule has 2 aliphatic carbocycles. The molecule has 0 heterocycles. The number of nitrogens with one attached hydrogen (secondary N) is 4. The SMILES string of the molecule is O=C(CCC(=O)OC[C@@](Cc1ccccc1)(NC(=O)C1CCC(NS(=O)(=O)c2ccc(C(F)(F)F)cc2)CC1)c1ccccc1)OC[C@@](Cc1ccccc1)(NC(=O)C1CCC(NS(=O)(=O)c2ccc(C(F)(F)F)cc2)CC1)c1ccccc1. The van der Waals surface area contributed by atoms with Crippen LogP contribution >= 0.6 is 0 Å². The number of carbonyl (C=O) groups is 4. The zero-order valence-corrected chi connectivity index (χ0v) is 47.2. The number of benzene rings is 6. The number of ether oxygens (including phenoxy) is 2. The fourth-order valence-electron chi connectivity index (χ4n) is 10.8. The lowest BCUT2D eigenvalue weighted by Crippen LogP contribution is -2.54. The molecule has 6 aromatic rings. The first-order valence-electron chi connectivity index (χ1n) is 27.5. The molecule has 0 saturated heterocycles. The van der Waals surface area contributed by atoms with Gasteiger partial charge in [0.2, 0.25) is 31.9 Å². The molecule has 14 nitrogen and oxygen atoms in total. The van der Waals surface area contributed by atoms with Crippen molar-refractivity contribution in [3.05, 3.63) is 203 Å². The Morgan fingerprint density at radius 2 is 0.702 bits per heavy atom. The molecule has 446 valence electrons. The minimum atomic E-state index is -4.64. The van der Waals surface area contributed by atoms with Crippen molar-refractivity contribution in [2.45, 2.75) is 122 Å². The molecule has 6 aromatic carbocycles. The number of carbonyl (C=O) groups excluding carboxylic acids is 4. The highest BCUT2D eigenvalue weighted by molar-refractivity contribution is 7.89. The second kappa shape index (κ2) is 27.1. The summed E-state index contributed by atoms with van der Waals surface area (Å²) < 4.78 is 149. The number of esters is 2. The number of alkyl halides is 6. The molecular weight excluding hydrogens is 1140 g/mol. The van der Waals surface area contributed by atoms with Gasteiger partial charge in [-0.1, -0.05) is 121 Å². The van der Waals surface area contributed by atoms with E-state index in [1.807, 2.05) is 60.7 Å². The quantitative estimate of drug-likeness (QED) is 0.0353. The summed E-state index contributed by atoms with van der Waals surface area (Å²) in [6.07, 6.45) is -7.74. The average Bonchev–Trinajstić information content (AvgIpc) is 3.45. The number of amides is 2. The molecule has 0 unspecified atom stereocenters. The van der Waals surface area contributed by atoms with Crippen LogP contribution in [-0.4, -0.2) is 65.9 Å². The van der Waals surface area contributed by atoms with E-state index in [0.717, 1.165) is 35.4 Å². The first kappa shape index (κ1) is 62.6. The molecule has 8 rings (SSSR count). The molecule has 4 N–H and O–H groups in total. The number of hydrogen-bond donors (Lipinski definition) is 4. The van der Waals surface area contributed by atoms with Crippen LogP contribution in [0, 0.1) is 11.8 Å². The maximum Gasteiger partial charge on any atom is 0.416 e. The second-order valence-electron chi connectivity index (χ2n) is 21.4. The number of rotatable bonds is 23. The zero-order chi connectivity index (χ0) is 60.2. The third kappa shape index (κ3) is 16.7. The van der Waals surface area contributed by atoms with Gasteiger partial charge in [0.1, 0.15) is 24.3 Å². The summed E-state index contributed by atoms with van der Waals surface area (Å²) in [4.78, 5) is 55.8. The van der Waals surface area contributed by atoms with Crippen LogP contribution in [-0.2, 0) is 85.0 Å². The average molecular weight is 1200 g/mol. The third-order valence-electron chi connectivity index (χ3n) is 15.4. The Morgan fingerprint density at radius 1 is 0.405 bits per heavy atom. The van der Waals surface area contributed by atoms with E-state index in [1.54, 1.807) is 60.7 Å². The van der Waals surface area contributed by atoms with Crippen LogP contribution in [0.1, 0.15) is 97.6 Å². The second-order valence-corrected chi connectivity index (χ2v) is 24.8. The third-order valence-corrected chi connectivity index (χ3v) is 18.5. The van der Waals surface area contributed by atoms with Gasteiger partial charge in [0.05, 0.1) is 33.8 Å². The lowest BCUT2D eigenvalue weighted by molar-refractivity contribution is -0.153. The van der Waals surface area contributed by atoms with Crippen LogP contribution in [0.4, 0.5) is 26.3 Å². The van der Waals surface area contributed by atoms with Crippen molar-refractivity contribution in [1.29, 1.82) is 0 Å². The van der Waals surface area contributed by atoms with Crippen LogP contribution in [0.2, 0.25) is 0 Å². The van der Waals surface area contributed by atoms with E-state index >= 15 is 0 Å². The summed E-state index contributed by atoms with van der Waals surface area (Å²) in [5.41, 5.74) is -1.85. The predicted molar refractivity (Wildman–Crippen MR) is 299 cm³/mol. The van der Waals surface area contributed by atoms with E-state index < -0.39 is 103 Å². The standard InChI is InChI=1S/C62H64F6N4O10S2/c63-61(64,65)49-25-33-53(34-26-49)83(77,78)71-51-29-21-45(22-30-51)57(75)69-59(47-17-9-3-10-18-47,39-43-13-5-1-6-14-43)41-81-55(73)37-38-56(74)82-42-60(48-19-11-4-12-20-48,40-44-15-7-2-8-16-44)70-58(76)46-23-31-52(32-24-46)72-84(79,80)54-35-27-50(28-36-54)62(66,67)68/h1-20,25-28,33-36,45-46,51-52,71-72H,21-24,29-32,37-42H2,(H,69,75)(H,70,76)/t45?,46?,51?,52?,59-,60-/m1/s1. The molecule has 0 bridgehead atoms. The van der Waals surface area contributed by atoms with Crippen LogP contribution in [0.3, 0.4) is 0 Å². The highest BCUT2D eigenvalue weighted by Gasteiger charge is 2.42. The van der Waals surface area contributed by atoms with E-state index in [-0.39, 0.29) is 99.0 Å². The van der Waals surface area contributed by atoms with Crippen LogP contribution in [0.5, 0.6) is 0 Å². The van der Waals surface area contributed by atoms with Crippen molar-refractivity contribution >= 4 is 43.8 Å². The summed E-state index contributed by atoms with van der Waals surface area (Å²) in [5.74, 6) is -3.49. The molecule has 2 amide bonds. The van der Waals surface area contributed by atoms with Gasteiger partial charge in [-0.15, -0.1) is 0 Å². The minimum Gasteiger partial charge on any atom is -0.463 e. The van der Waals surface area contributed by atoms with Crippen molar-refractivity contribution in [3.63, 3.8) is 0 Å². The van der Waals surface area contributed by atoms with Gasteiger partial charge in [0.25, 0.3) is 0 Å². The molecule has 0 spiro atoms. The van der Waals surface area contributed by atoms with Gasteiger partial charge in [-0.3, -0.25) is 19.2 Å². The Labute approximate surface area is 484 Å². The first-order chi connectivity index (χ1) is 39.9. The molecule has 0 aromatic heterocycles. The van der Waals surface area contributed by atoms with Crippen LogP contribution in [0.15, 0.2) is 180 Å². The minimum absolute atomic E-state index is 0.169. The maximum atomic E-state index is 14.4. The van der Waals surface area contributed by atoms with E-state index in [0.29, 0.717) is 35.4 Å². The first-order valence-corrected chi connectivity index (χ1v) is 30.4. The van der Waals surface area contributed by atoms with Crippen LogP contribution in [0.25, 0.3) is 0 Å². The highest BCUT2D eigenvalue weighted by Crippen LogP contribution is 2.36. The lowest BCUT2D eigenvalue weighted by atomic mass is 9.81. The number of hydrogen-bond acceptors (Lipinski definition) is 10. The Bertz CT molecular complexity index is 3180. The van der Waals surface area contributed by atoms with Gasteiger partial charge in [0.15, 0.2) is 0 Å². The van der Waals surface area contributed by atoms with Gasteiger partial charge >= 0.3 is 24.3 Å². The van der Waals surface area contributed by atoms with Crippen molar-refractivity contribution in [2.24, 2.45) is 11.8 Å². The van der Waals surface area contributed by atoms with E-state index in [2.05, 4.69) is 20.1 Å². The summed E-state index contributed by atoms with van der Waals surface area (Å²) >= 11 is 0. The van der Waals surface area contributed by atoms with Crippen LogP contribution < -0.4 is 20.1 Å². The molecule has 84 heavy (non-hydrogen) atoms. The van der Waals surface area contributed by atoms with Crippen molar-refractivity contribution < 1.29 is 71.8 Å². The summed E-state index contributed by atoms with van der Waals surface area (Å²) in [5, 5.41) is 6.39. The molecular formula is C62H64F6N4O10S2. The zero-order valence-electron chi connectivity index (χ0n) is 45.5. The Morgan fingerprint density at radius 3 is 1.00 bits per heavy atom. The Kier molecular flexibility index (Phi) is 20.2. The van der Waals surface area contributed by atoms with Crippen molar-refractivity contribution in [3.8, 4) is 0 Å². The summed E-state index contributed by atoms with van der Waals surface area (Å²) in [7, 11) is -8.37. The monoisotopic (exact) mass is 1200 g/mol. The van der Waals surface area contributed by atoms with E-state index in [9.17, 15) is 62.4 Å². The molecule has 2 aliphatic rings. The van der Waals surface area contributed by atoms with Crippen molar-refractivity contribution in [1.82, 2.24) is 20.1 Å². The Balaban J connectivity index is 0.915. The van der Waals surface area contributed by atoms with E-state index in [1.165, 1.54) is 0 Å². The molecule has 2 atom stereocenters. The fraction of sp³-hybridized carbons (Fsp3) is 0.355. The predicted octanol–water partition coefficient (Wildman–Crippen LogP) is 10.5. The molecule has 2 fully saturated rings. The maximum absolute atomic E-state index is 14.4. The van der Waals surface area contributed by atoms with Crippen molar-refractivity contribution in [2.75, 3.05) is 13.2 Å². The smallest absolute Gasteiger partial charge is 0.416 e.